The van der Waals surface area contributed by atoms with Crippen LogP contribution in [0, 0.1) is 0 Å². The van der Waals surface area contributed by atoms with Crippen LogP contribution in [0.3, 0.4) is 0 Å². The van der Waals surface area contributed by atoms with E-state index in [2.05, 4.69) is 0 Å². The third-order valence-electron chi connectivity index (χ3n) is 8.22. The summed E-state index contributed by atoms with van der Waals surface area (Å²) in [4.78, 5) is 13.8. The van der Waals surface area contributed by atoms with Crippen molar-refractivity contribution in [2.24, 2.45) is 0 Å². The molecule has 0 spiro atoms. The lowest BCUT2D eigenvalue weighted by molar-refractivity contribution is 0.104. The summed E-state index contributed by atoms with van der Waals surface area (Å²) in [5.74, 6) is 3.52. The van der Waals surface area contributed by atoms with Gasteiger partial charge in [-0.2, -0.15) is 0 Å². The molecule has 0 fully saturated rings. The van der Waals surface area contributed by atoms with Gasteiger partial charge in [0.15, 0.2) is 5.78 Å². The minimum absolute atomic E-state index is 0.232. The van der Waals surface area contributed by atoms with E-state index in [9.17, 15) is 4.79 Å². The highest BCUT2D eigenvalue weighted by atomic mass is 16.5. The van der Waals surface area contributed by atoms with E-state index in [1.807, 2.05) is 127 Å². The minimum atomic E-state index is -0.232. The first kappa shape index (κ1) is 35.4. The van der Waals surface area contributed by atoms with Gasteiger partial charge >= 0.3 is 0 Å². The molecular formula is C45H40O7. The van der Waals surface area contributed by atoms with Crippen LogP contribution in [0.5, 0.6) is 34.5 Å². The van der Waals surface area contributed by atoms with Gasteiger partial charge in [0.05, 0.1) is 19.8 Å². The van der Waals surface area contributed by atoms with E-state index < -0.39 is 0 Å². The van der Waals surface area contributed by atoms with Crippen molar-refractivity contribution < 1.29 is 33.2 Å². The number of allylic oxidation sites excluding steroid dienone is 1. The molecule has 0 aromatic heterocycles. The fourth-order valence-corrected chi connectivity index (χ4v) is 5.29. The molecule has 7 heteroatoms. The number of hydrogen-bond acceptors (Lipinski definition) is 7. The van der Waals surface area contributed by atoms with Crippen LogP contribution in [-0.4, -0.2) is 20.0 Å². The van der Waals surface area contributed by atoms with Gasteiger partial charge in [-0.05, 0) is 82.9 Å². The van der Waals surface area contributed by atoms with E-state index in [0.717, 1.165) is 39.3 Å². The number of hydrogen-bond donors (Lipinski definition) is 0. The van der Waals surface area contributed by atoms with Gasteiger partial charge in [0.25, 0.3) is 0 Å². The van der Waals surface area contributed by atoms with Crippen molar-refractivity contribution in [3.8, 4) is 34.5 Å². The fraction of sp³-hybridized carbons (Fsp3) is 0.133. The normalized spacial score (nSPS) is 10.8. The van der Waals surface area contributed by atoms with Crippen LogP contribution in [-0.2, 0) is 26.4 Å². The van der Waals surface area contributed by atoms with Crippen LogP contribution in [0.1, 0.15) is 38.2 Å². The zero-order valence-corrected chi connectivity index (χ0v) is 29.2. The summed E-state index contributed by atoms with van der Waals surface area (Å²) in [5.41, 5.74) is 5.11. The summed E-state index contributed by atoms with van der Waals surface area (Å²) < 4.78 is 35.3. The molecule has 6 aromatic carbocycles. The third kappa shape index (κ3) is 10.0. The smallest absolute Gasteiger partial charge is 0.189 e. The first-order valence-corrected chi connectivity index (χ1v) is 16.9. The second-order valence-corrected chi connectivity index (χ2v) is 11.9. The zero-order valence-electron chi connectivity index (χ0n) is 29.2. The second-order valence-electron chi connectivity index (χ2n) is 11.9. The number of carbonyl (C=O) groups is 1. The highest BCUT2D eigenvalue weighted by molar-refractivity contribution is 6.08. The molecule has 0 amide bonds. The molecule has 0 saturated heterocycles. The monoisotopic (exact) mass is 692 g/mol. The molecule has 0 unspecified atom stereocenters. The van der Waals surface area contributed by atoms with Gasteiger partial charge in [-0.1, -0.05) is 84.9 Å². The Balaban J connectivity index is 1.23. The van der Waals surface area contributed by atoms with E-state index in [0.29, 0.717) is 48.4 Å². The number of ketones is 1. The Morgan fingerprint density at radius 2 is 0.885 bits per heavy atom. The Kier molecular flexibility index (Phi) is 12.2. The highest BCUT2D eigenvalue weighted by Gasteiger charge is 2.14. The molecule has 262 valence electrons. The molecule has 0 aliphatic rings. The van der Waals surface area contributed by atoms with E-state index in [1.54, 1.807) is 38.5 Å². The predicted octanol–water partition coefficient (Wildman–Crippen LogP) is 9.92. The SMILES string of the molecule is COc1ccc(COc2cc(OCc3ccccc3)ccc2C=CC(=O)c2ccc(OCc3ccccc3)cc2OCc2ccc(OC)cc2)cc1. The van der Waals surface area contributed by atoms with Gasteiger partial charge in [0.2, 0.25) is 0 Å². The van der Waals surface area contributed by atoms with Crippen molar-refractivity contribution in [2.45, 2.75) is 26.4 Å². The quantitative estimate of drug-likeness (QED) is 0.0696. The molecule has 0 N–H and O–H groups in total. The molecule has 0 saturated carbocycles. The van der Waals surface area contributed by atoms with Crippen molar-refractivity contribution in [1.82, 2.24) is 0 Å². The third-order valence-corrected chi connectivity index (χ3v) is 8.22. The molecule has 7 nitrogen and oxygen atoms in total. The lowest BCUT2D eigenvalue weighted by Crippen LogP contribution is -2.04. The number of methoxy groups -OCH3 is 2. The van der Waals surface area contributed by atoms with Crippen molar-refractivity contribution in [1.29, 1.82) is 0 Å². The van der Waals surface area contributed by atoms with Crippen LogP contribution in [0.15, 0.2) is 152 Å². The second kappa shape index (κ2) is 18.0. The summed E-state index contributed by atoms with van der Waals surface area (Å²) >= 11 is 0. The highest BCUT2D eigenvalue weighted by Crippen LogP contribution is 2.31. The summed E-state index contributed by atoms with van der Waals surface area (Å²) in [7, 11) is 3.26. The Morgan fingerprint density at radius 3 is 1.40 bits per heavy atom. The van der Waals surface area contributed by atoms with Crippen molar-refractivity contribution in [2.75, 3.05) is 14.2 Å². The average Bonchev–Trinajstić information content (AvgIpc) is 3.21. The Morgan fingerprint density at radius 1 is 0.462 bits per heavy atom. The van der Waals surface area contributed by atoms with E-state index in [-0.39, 0.29) is 12.4 Å². The minimum Gasteiger partial charge on any atom is -0.497 e. The van der Waals surface area contributed by atoms with Gasteiger partial charge in [0.1, 0.15) is 60.9 Å². The summed E-state index contributed by atoms with van der Waals surface area (Å²) in [5, 5.41) is 0. The number of benzene rings is 6. The van der Waals surface area contributed by atoms with Gasteiger partial charge in [-0.3, -0.25) is 4.79 Å². The Bertz CT molecular complexity index is 2060. The van der Waals surface area contributed by atoms with Gasteiger partial charge in [-0.25, -0.2) is 0 Å². The Hall–Kier alpha value is -6.47. The largest absolute Gasteiger partial charge is 0.497 e. The molecule has 0 aliphatic carbocycles. The number of rotatable bonds is 17. The first-order chi connectivity index (χ1) is 25.6. The maximum absolute atomic E-state index is 13.8. The fourth-order valence-electron chi connectivity index (χ4n) is 5.29. The molecule has 6 aromatic rings. The van der Waals surface area contributed by atoms with E-state index in [4.69, 9.17) is 28.4 Å². The van der Waals surface area contributed by atoms with Crippen LogP contribution in [0.4, 0.5) is 0 Å². The lowest BCUT2D eigenvalue weighted by atomic mass is 10.1. The maximum Gasteiger partial charge on any atom is 0.189 e. The van der Waals surface area contributed by atoms with Crippen LogP contribution < -0.4 is 28.4 Å². The van der Waals surface area contributed by atoms with Gasteiger partial charge in [0, 0.05) is 17.7 Å². The zero-order chi connectivity index (χ0) is 36.0. The van der Waals surface area contributed by atoms with Crippen LogP contribution >= 0.6 is 0 Å². The van der Waals surface area contributed by atoms with Gasteiger partial charge in [-0.15, -0.1) is 0 Å². The summed E-state index contributed by atoms with van der Waals surface area (Å²) in [6.45, 7) is 1.37. The van der Waals surface area contributed by atoms with Crippen molar-refractivity contribution in [3.05, 3.63) is 185 Å². The summed E-state index contributed by atoms with van der Waals surface area (Å²) in [6, 6.07) is 46.0. The molecule has 0 bridgehead atoms. The molecular weight excluding hydrogens is 652 g/mol. The molecule has 0 heterocycles. The molecule has 0 atom stereocenters. The average molecular weight is 693 g/mol. The maximum atomic E-state index is 13.8. The molecule has 52 heavy (non-hydrogen) atoms. The van der Waals surface area contributed by atoms with E-state index >= 15 is 0 Å². The number of carbonyl (C=O) groups excluding carboxylic acids is 1. The topological polar surface area (TPSA) is 72.5 Å². The Labute approximate surface area is 304 Å². The standard InChI is InChI=1S/C45H40O7/c1-47-38-19-13-35(14-20-38)31-51-44-27-40(49-29-33-9-5-3-6-10-33)23-17-37(44)18-26-43(46)42-25-24-41(50-30-34-11-7-4-8-12-34)28-45(42)52-32-36-15-21-39(48-2)22-16-36/h3-28H,29-32H2,1-2H3. The molecule has 6 rings (SSSR count). The van der Waals surface area contributed by atoms with Crippen LogP contribution in [0.2, 0.25) is 0 Å². The van der Waals surface area contributed by atoms with Crippen molar-refractivity contribution >= 4 is 11.9 Å². The summed E-state index contributed by atoms with van der Waals surface area (Å²) in [6.07, 6.45) is 3.28. The molecule has 0 aliphatic heterocycles. The molecule has 0 radical (unpaired) electrons. The van der Waals surface area contributed by atoms with Crippen molar-refractivity contribution in [3.63, 3.8) is 0 Å². The van der Waals surface area contributed by atoms with E-state index in [1.165, 1.54) is 6.08 Å². The first-order valence-electron chi connectivity index (χ1n) is 16.9. The van der Waals surface area contributed by atoms with Crippen LogP contribution in [0.25, 0.3) is 6.08 Å². The van der Waals surface area contributed by atoms with Gasteiger partial charge < -0.3 is 28.4 Å². The predicted molar refractivity (Wildman–Crippen MR) is 202 cm³/mol. The lowest BCUT2D eigenvalue weighted by Gasteiger charge is -2.14. The number of ether oxygens (including phenoxy) is 6.